The summed E-state index contributed by atoms with van der Waals surface area (Å²) >= 11 is 0. The minimum atomic E-state index is -1.28. The maximum atomic E-state index is 11.9. The molecule has 0 aromatic heterocycles. The molecule has 1 atom stereocenters. The lowest BCUT2D eigenvalue weighted by Crippen LogP contribution is -2.39. The predicted molar refractivity (Wildman–Crippen MR) is 78.9 cm³/mol. The van der Waals surface area contributed by atoms with Gasteiger partial charge in [0.2, 0.25) is 0 Å². The second kappa shape index (κ2) is 6.02. The fourth-order valence-corrected chi connectivity index (χ4v) is 2.92. The summed E-state index contributed by atoms with van der Waals surface area (Å²) in [5, 5.41) is 29.3. The molecule has 0 aromatic rings. The van der Waals surface area contributed by atoms with Gasteiger partial charge in [-0.1, -0.05) is 19.8 Å². The van der Waals surface area contributed by atoms with Crippen LogP contribution in [0.15, 0.2) is 22.8 Å². The van der Waals surface area contributed by atoms with E-state index in [9.17, 15) is 24.9 Å². The molecule has 0 aromatic carbocycles. The molecule has 0 aliphatic heterocycles. The van der Waals surface area contributed by atoms with Gasteiger partial charge in [-0.3, -0.25) is 4.79 Å². The molecule has 1 aliphatic carbocycles. The molecule has 1 unspecified atom stereocenters. The van der Waals surface area contributed by atoms with Crippen LogP contribution in [0.2, 0.25) is 0 Å². The number of aliphatic hydroxyl groups is 1. The van der Waals surface area contributed by atoms with Gasteiger partial charge in [0.15, 0.2) is 0 Å². The summed E-state index contributed by atoms with van der Waals surface area (Å²) in [5.41, 5.74) is -1.53. The lowest BCUT2D eigenvalue weighted by atomic mass is 9.65. The Morgan fingerprint density at radius 1 is 1.33 bits per heavy atom. The summed E-state index contributed by atoms with van der Waals surface area (Å²) in [4.78, 5) is 23.2. The molecule has 0 saturated carbocycles. The van der Waals surface area contributed by atoms with E-state index in [1.165, 1.54) is 6.08 Å². The molecule has 0 radical (unpaired) electrons. The van der Waals surface area contributed by atoms with Crippen LogP contribution in [-0.2, 0) is 9.59 Å². The number of rotatable bonds is 6. The van der Waals surface area contributed by atoms with Crippen molar-refractivity contribution in [1.82, 2.24) is 0 Å². The van der Waals surface area contributed by atoms with Crippen molar-refractivity contribution in [2.24, 2.45) is 5.41 Å². The van der Waals surface area contributed by atoms with Crippen molar-refractivity contribution >= 4 is 11.9 Å². The zero-order valence-corrected chi connectivity index (χ0v) is 13.1. The lowest BCUT2D eigenvalue weighted by molar-refractivity contribution is -0.147. The summed E-state index contributed by atoms with van der Waals surface area (Å²) < 4.78 is 0. The van der Waals surface area contributed by atoms with Crippen molar-refractivity contribution in [1.29, 1.82) is 0 Å². The third kappa shape index (κ3) is 3.35. The van der Waals surface area contributed by atoms with Crippen LogP contribution in [0.3, 0.4) is 0 Å². The fourth-order valence-electron chi connectivity index (χ4n) is 2.92. The van der Waals surface area contributed by atoms with E-state index in [1.807, 2.05) is 6.92 Å². The number of hydrogen-bond acceptors (Lipinski definition) is 3. The van der Waals surface area contributed by atoms with Crippen LogP contribution in [0.25, 0.3) is 0 Å². The molecule has 1 rings (SSSR count). The molecule has 118 valence electrons. The molecule has 1 aliphatic rings. The van der Waals surface area contributed by atoms with Crippen LogP contribution < -0.4 is 0 Å². The maximum Gasteiger partial charge on any atom is 0.331 e. The minimum absolute atomic E-state index is 0.0382. The Morgan fingerprint density at radius 2 is 1.90 bits per heavy atom. The summed E-state index contributed by atoms with van der Waals surface area (Å²) in [5.74, 6) is -2.16. The Kier molecular flexibility index (Phi) is 4.99. The first kappa shape index (κ1) is 17.4. The van der Waals surface area contributed by atoms with Gasteiger partial charge in [0.25, 0.3) is 0 Å². The predicted octanol–water partition coefficient (Wildman–Crippen LogP) is 2.75. The molecule has 0 amide bonds. The topological polar surface area (TPSA) is 94.8 Å². The van der Waals surface area contributed by atoms with Crippen molar-refractivity contribution in [3.8, 4) is 0 Å². The quantitative estimate of drug-likeness (QED) is 0.700. The van der Waals surface area contributed by atoms with Crippen LogP contribution in [0.1, 0.15) is 53.4 Å². The highest BCUT2D eigenvalue weighted by atomic mass is 16.4. The number of unbranched alkanes of at least 4 members (excludes halogenated alkanes) is 1. The van der Waals surface area contributed by atoms with Crippen LogP contribution in [0.5, 0.6) is 0 Å². The van der Waals surface area contributed by atoms with Crippen LogP contribution >= 0.6 is 0 Å². The van der Waals surface area contributed by atoms with Crippen molar-refractivity contribution in [2.75, 3.05) is 0 Å². The minimum Gasteiger partial charge on any atom is -0.481 e. The average Bonchev–Trinajstić information content (AvgIpc) is 2.35. The molecule has 5 heteroatoms. The van der Waals surface area contributed by atoms with Gasteiger partial charge < -0.3 is 15.3 Å². The van der Waals surface area contributed by atoms with Gasteiger partial charge in [-0.15, -0.1) is 0 Å². The number of carbonyl (C=O) groups is 2. The third-order valence-corrected chi connectivity index (χ3v) is 4.23. The molecule has 0 spiro atoms. The van der Waals surface area contributed by atoms with Gasteiger partial charge >= 0.3 is 11.9 Å². The second-order valence-electron chi connectivity index (χ2n) is 6.24. The van der Waals surface area contributed by atoms with E-state index in [-0.39, 0.29) is 12.0 Å². The number of carboxylic acid groups (broad SMARTS) is 2. The van der Waals surface area contributed by atoms with Gasteiger partial charge in [-0.25, -0.2) is 4.79 Å². The Morgan fingerprint density at radius 3 is 2.29 bits per heavy atom. The smallest absolute Gasteiger partial charge is 0.331 e. The molecule has 0 fully saturated rings. The molecular formula is C16H24O5. The van der Waals surface area contributed by atoms with Crippen LogP contribution in [-0.4, -0.2) is 32.9 Å². The van der Waals surface area contributed by atoms with E-state index in [4.69, 9.17) is 0 Å². The number of carboxylic acids is 2. The molecule has 3 N–H and O–H groups in total. The second-order valence-corrected chi connectivity index (χ2v) is 6.24. The summed E-state index contributed by atoms with van der Waals surface area (Å²) in [6, 6.07) is 0. The van der Waals surface area contributed by atoms with Crippen molar-refractivity contribution < 1.29 is 24.9 Å². The molecule has 0 heterocycles. The molecule has 0 saturated heterocycles. The first-order valence-corrected chi connectivity index (χ1v) is 7.17. The van der Waals surface area contributed by atoms with E-state index in [2.05, 4.69) is 0 Å². The number of aliphatic carboxylic acids is 2. The Labute approximate surface area is 125 Å². The van der Waals surface area contributed by atoms with Gasteiger partial charge in [0.1, 0.15) is 0 Å². The largest absolute Gasteiger partial charge is 0.481 e. The zero-order valence-electron chi connectivity index (χ0n) is 13.1. The highest BCUT2D eigenvalue weighted by molar-refractivity contribution is 5.91. The third-order valence-electron chi connectivity index (χ3n) is 4.23. The van der Waals surface area contributed by atoms with E-state index in [0.717, 1.165) is 6.42 Å². The van der Waals surface area contributed by atoms with Gasteiger partial charge in [-0.05, 0) is 50.8 Å². The summed E-state index contributed by atoms with van der Waals surface area (Å²) in [6.07, 6.45) is 3.27. The Bertz CT molecular complexity index is 507. The normalized spacial score (nSPS) is 23.0. The average molecular weight is 296 g/mol. The summed E-state index contributed by atoms with van der Waals surface area (Å²) in [6.45, 7) is 6.73. The van der Waals surface area contributed by atoms with E-state index >= 15 is 0 Å². The SMILES string of the molecule is CCCCC1(C(=O)O)CC(C(=O)O)=CC(C(C)(C)O)=C1C. The fraction of sp³-hybridized carbons (Fsp3) is 0.625. The van der Waals surface area contributed by atoms with E-state index in [0.29, 0.717) is 24.0 Å². The Hall–Kier alpha value is -1.62. The van der Waals surface area contributed by atoms with Gasteiger partial charge in [0, 0.05) is 5.57 Å². The van der Waals surface area contributed by atoms with E-state index in [1.54, 1.807) is 20.8 Å². The lowest BCUT2D eigenvalue weighted by Gasteiger charge is -2.38. The number of hydrogen-bond donors (Lipinski definition) is 3. The molecule has 5 nitrogen and oxygen atoms in total. The van der Waals surface area contributed by atoms with Crippen LogP contribution in [0, 0.1) is 5.41 Å². The Balaban J connectivity index is 3.51. The standard InChI is InChI=1S/C16H24O5/c1-5-6-7-16(14(19)20)9-11(13(17)18)8-12(10(16)2)15(3,4)21/h8,21H,5-7,9H2,1-4H3,(H,17,18)(H,19,20). The summed E-state index contributed by atoms with van der Waals surface area (Å²) in [7, 11) is 0. The van der Waals surface area contributed by atoms with Crippen molar-refractivity contribution in [3.05, 3.63) is 22.8 Å². The van der Waals surface area contributed by atoms with Crippen molar-refractivity contribution in [2.45, 2.75) is 59.0 Å². The van der Waals surface area contributed by atoms with Gasteiger partial charge in [-0.2, -0.15) is 0 Å². The first-order valence-electron chi connectivity index (χ1n) is 7.17. The highest BCUT2D eigenvalue weighted by Crippen LogP contribution is 2.46. The highest BCUT2D eigenvalue weighted by Gasteiger charge is 2.46. The molecule has 21 heavy (non-hydrogen) atoms. The maximum absolute atomic E-state index is 11.9. The monoisotopic (exact) mass is 296 g/mol. The van der Waals surface area contributed by atoms with Crippen LogP contribution in [0.4, 0.5) is 0 Å². The van der Waals surface area contributed by atoms with E-state index < -0.39 is 23.0 Å². The first-order chi connectivity index (χ1) is 9.56. The van der Waals surface area contributed by atoms with Gasteiger partial charge in [0.05, 0.1) is 11.0 Å². The zero-order chi connectivity index (χ0) is 16.4. The van der Waals surface area contributed by atoms with Crippen molar-refractivity contribution in [3.63, 3.8) is 0 Å². The molecular weight excluding hydrogens is 272 g/mol. The molecule has 0 bridgehead atoms.